The zero-order valence-electron chi connectivity index (χ0n) is 16.2. The normalized spacial score (nSPS) is 16.7. The number of Topliss-reactive ketones (excluding diaryl/α,β-unsaturated/α-hetero) is 1. The first-order valence-electron chi connectivity index (χ1n) is 9.27. The summed E-state index contributed by atoms with van der Waals surface area (Å²) in [6, 6.07) is 13.6. The Bertz CT molecular complexity index is 1060. The lowest BCUT2D eigenvalue weighted by atomic mass is 9.97. The van der Waals surface area contributed by atoms with Crippen LogP contribution < -0.4 is 4.72 Å². The Morgan fingerprint density at radius 3 is 2.48 bits per heavy atom. The van der Waals surface area contributed by atoms with Gasteiger partial charge in [-0.2, -0.15) is 0 Å². The molecule has 0 radical (unpaired) electrons. The number of ether oxygens (including phenoxy) is 1. The van der Waals surface area contributed by atoms with Gasteiger partial charge in [-0.25, -0.2) is 8.42 Å². The van der Waals surface area contributed by atoms with E-state index in [0.717, 1.165) is 12.0 Å². The highest BCUT2D eigenvalue weighted by molar-refractivity contribution is 7.90. The Morgan fingerprint density at radius 1 is 1.10 bits per heavy atom. The van der Waals surface area contributed by atoms with Crippen molar-refractivity contribution in [3.63, 3.8) is 0 Å². The summed E-state index contributed by atoms with van der Waals surface area (Å²) in [7, 11) is -3.66. The van der Waals surface area contributed by atoms with Crippen LogP contribution in [0.2, 0.25) is 0 Å². The summed E-state index contributed by atoms with van der Waals surface area (Å²) in [5.41, 5.74) is 2.02. The number of esters is 1. The number of hydrogen-bond donors (Lipinski definition) is 1. The Morgan fingerprint density at radius 2 is 1.79 bits per heavy atom. The zero-order valence-corrected chi connectivity index (χ0v) is 17.0. The Labute approximate surface area is 169 Å². The number of rotatable bonds is 7. The molecule has 1 atom stereocenters. The van der Waals surface area contributed by atoms with E-state index in [-0.39, 0.29) is 16.5 Å². The van der Waals surface area contributed by atoms with Gasteiger partial charge in [0, 0.05) is 11.1 Å². The topological polar surface area (TPSA) is 102 Å². The molecule has 0 amide bonds. The molecule has 0 fully saturated rings. The van der Waals surface area contributed by atoms with Crippen LogP contribution in [-0.4, -0.2) is 39.2 Å². The van der Waals surface area contributed by atoms with Crippen LogP contribution >= 0.6 is 0 Å². The molecule has 0 aromatic heterocycles. The second kappa shape index (κ2) is 8.57. The zero-order chi connectivity index (χ0) is 21.0. The van der Waals surface area contributed by atoms with Crippen molar-refractivity contribution in [2.24, 2.45) is 4.99 Å². The number of nitrogens with zero attached hydrogens (tertiary/aromatic N) is 1. The summed E-state index contributed by atoms with van der Waals surface area (Å²) in [5, 5.41) is 0. The van der Waals surface area contributed by atoms with Crippen LogP contribution in [0.15, 0.2) is 58.4 Å². The fourth-order valence-corrected chi connectivity index (χ4v) is 4.15. The molecule has 1 N–H and O–H groups in total. The van der Waals surface area contributed by atoms with Crippen LogP contribution in [0.1, 0.15) is 47.7 Å². The largest absolute Gasteiger partial charge is 0.456 e. The summed E-state index contributed by atoms with van der Waals surface area (Å²) >= 11 is 0. The van der Waals surface area contributed by atoms with E-state index in [1.54, 1.807) is 30.3 Å². The van der Waals surface area contributed by atoms with Gasteiger partial charge in [0.2, 0.25) is 0 Å². The molecule has 1 heterocycles. The first-order valence-corrected chi connectivity index (χ1v) is 10.8. The maximum Gasteiger partial charge on any atom is 0.328 e. The molecule has 2 aromatic rings. The summed E-state index contributed by atoms with van der Waals surface area (Å²) in [6.07, 6.45) is 1.01. The minimum atomic E-state index is -3.66. The highest BCUT2D eigenvalue weighted by Gasteiger charge is 2.30. The first-order chi connectivity index (χ1) is 13.8. The van der Waals surface area contributed by atoms with E-state index < -0.39 is 29.1 Å². The predicted octanol–water partition coefficient (Wildman–Crippen LogP) is 2.66. The molecule has 7 nitrogen and oxygen atoms in total. The molecule has 0 saturated carbocycles. The summed E-state index contributed by atoms with van der Waals surface area (Å²) in [4.78, 5) is 28.2. The van der Waals surface area contributed by atoms with Gasteiger partial charge in [0.05, 0.1) is 4.90 Å². The second-order valence-electron chi connectivity index (χ2n) is 6.78. The number of sulfonamides is 1. The highest BCUT2D eigenvalue weighted by Crippen LogP contribution is 2.22. The Hall–Kier alpha value is -3.00. The number of nitrogens with one attached hydrogen (secondary N) is 1. The van der Waals surface area contributed by atoms with Gasteiger partial charge in [-0.05, 0) is 30.0 Å². The van der Waals surface area contributed by atoms with Crippen molar-refractivity contribution in [3.8, 4) is 0 Å². The maximum absolute atomic E-state index is 12.2. The van der Waals surface area contributed by atoms with Crippen molar-refractivity contribution < 1.29 is 22.7 Å². The van der Waals surface area contributed by atoms with Crippen LogP contribution in [0, 0.1) is 0 Å². The number of aliphatic imine (C=N–C) groups is 1. The molecular weight excluding hydrogens is 392 g/mol. The van der Waals surface area contributed by atoms with Crippen LogP contribution in [0.4, 0.5) is 0 Å². The molecule has 0 aliphatic carbocycles. The molecule has 0 bridgehead atoms. The quantitative estimate of drug-likeness (QED) is 0.554. The van der Waals surface area contributed by atoms with Crippen molar-refractivity contribution in [3.05, 3.63) is 65.2 Å². The second-order valence-corrected chi connectivity index (χ2v) is 8.43. The Balaban J connectivity index is 1.57. The SMILES string of the molecule is CC[C@H](C)c1ccc(C(=O)COC(=O)CN=C2NS(=O)(=O)c3ccccc32)cc1. The third-order valence-corrected chi connectivity index (χ3v) is 6.20. The van der Waals surface area contributed by atoms with Crippen LogP contribution in [0.25, 0.3) is 0 Å². The van der Waals surface area contributed by atoms with Crippen molar-refractivity contribution in [2.75, 3.05) is 13.2 Å². The predicted molar refractivity (Wildman–Crippen MR) is 109 cm³/mol. The molecule has 29 heavy (non-hydrogen) atoms. The van der Waals surface area contributed by atoms with E-state index in [4.69, 9.17) is 4.74 Å². The van der Waals surface area contributed by atoms with Gasteiger partial charge in [0.25, 0.3) is 10.0 Å². The lowest BCUT2D eigenvalue weighted by Crippen LogP contribution is -2.24. The third kappa shape index (κ3) is 4.71. The number of fused-ring (bicyclic) bond motifs is 1. The van der Waals surface area contributed by atoms with Crippen LogP contribution in [-0.2, 0) is 19.6 Å². The molecule has 0 saturated heterocycles. The lowest BCUT2D eigenvalue weighted by Gasteiger charge is -2.09. The summed E-state index contributed by atoms with van der Waals surface area (Å²) < 4.78 is 31.3. The van der Waals surface area contributed by atoms with E-state index in [2.05, 4.69) is 23.6 Å². The van der Waals surface area contributed by atoms with E-state index in [1.807, 2.05) is 12.1 Å². The molecule has 1 aliphatic rings. The fourth-order valence-electron chi connectivity index (χ4n) is 2.90. The lowest BCUT2D eigenvalue weighted by molar-refractivity contribution is -0.140. The molecule has 0 spiro atoms. The molecule has 0 unspecified atom stereocenters. The monoisotopic (exact) mass is 414 g/mol. The van der Waals surface area contributed by atoms with Crippen molar-refractivity contribution in [1.29, 1.82) is 0 Å². The number of carbonyl (C=O) groups is 2. The molecular formula is C21H22N2O5S. The third-order valence-electron chi connectivity index (χ3n) is 4.81. The van der Waals surface area contributed by atoms with Gasteiger partial charge in [0.15, 0.2) is 12.4 Å². The van der Waals surface area contributed by atoms with E-state index in [9.17, 15) is 18.0 Å². The average Bonchev–Trinajstić information content (AvgIpc) is 3.00. The van der Waals surface area contributed by atoms with Gasteiger partial charge in [-0.3, -0.25) is 19.3 Å². The number of amidine groups is 1. The number of hydrogen-bond acceptors (Lipinski definition) is 6. The van der Waals surface area contributed by atoms with Gasteiger partial charge in [-0.1, -0.05) is 50.2 Å². The van der Waals surface area contributed by atoms with E-state index >= 15 is 0 Å². The molecule has 8 heteroatoms. The molecule has 152 valence electrons. The van der Waals surface area contributed by atoms with Gasteiger partial charge >= 0.3 is 5.97 Å². The number of benzene rings is 2. The van der Waals surface area contributed by atoms with Crippen molar-refractivity contribution >= 4 is 27.6 Å². The van der Waals surface area contributed by atoms with E-state index in [1.165, 1.54) is 6.07 Å². The van der Waals surface area contributed by atoms with E-state index in [0.29, 0.717) is 17.0 Å². The summed E-state index contributed by atoms with van der Waals surface area (Å²) in [5.74, 6) is -0.530. The highest BCUT2D eigenvalue weighted by atomic mass is 32.2. The standard InChI is InChI=1S/C21H22N2O5S/c1-3-14(2)15-8-10-16(11-9-15)18(24)13-28-20(25)12-22-21-17-6-4-5-7-19(17)29(26,27)23-21/h4-11,14H,3,12-13H2,1-2H3,(H,22,23)/t14-/m0/s1. The van der Waals surface area contributed by atoms with Gasteiger partial charge < -0.3 is 4.74 Å². The van der Waals surface area contributed by atoms with Crippen molar-refractivity contribution in [1.82, 2.24) is 4.72 Å². The molecule has 1 aliphatic heterocycles. The van der Waals surface area contributed by atoms with Crippen LogP contribution in [0.3, 0.4) is 0 Å². The maximum atomic E-state index is 12.2. The van der Waals surface area contributed by atoms with Crippen molar-refractivity contribution in [2.45, 2.75) is 31.1 Å². The van der Waals surface area contributed by atoms with Gasteiger partial charge in [-0.15, -0.1) is 0 Å². The fraction of sp³-hybridized carbons (Fsp3) is 0.286. The minimum absolute atomic E-state index is 0.0875. The van der Waals surface area contributed by atoms with Crippen LogP contribution in [0.5, 0.6) is 0 Å². The Kier molecular flexibility index (Phi) is 6.12. The molecule has 2 aromatic carbocycles. The number of carbonyl (C=O) groups excluding carboxylic acids is 2. The smallest absolute Gasteiger partial charge is 0.328 e. The number of ketones is 1. The first kappa shape index (κ1) is 20.7. The molecule has 3 rings (SSSR count). The summed E-state index contributed by atoms with van der Waals surface area (Å²) in [6.45, 7) is 3.42. The minimum Gasteiger partial charge on any atom is -0.456 e. The average molecular weight is 414 g/mol. The van der Waals surface area contributed by atoms with Gasteiger partial charge in [0.1, 0.15) is 12.4 Å².